The number of hydrogen-bond acceptors (Lipinski definition) is 2. The molecule has 4 heteroatoms. The van der Waals surface area contributed by atoms with Crippen LogP contribution in [0.4, 0.5) is 0 Å². The Morgan fingerprint density at radius 3 is 2.65 bits per heavy atom. The normalized spacial score (nSPS) is 11.7. The van der Waals surface area contributed by atoms with E-state index in [1.54, 1.807) is 18.2 Å². The van der Waals surface area contributed by atoms with Gasteiger partial charge < -0.3 is 11.1 Å². The zero-order valence-corrected chi connectivity index (χ0v) is 12.9. The minimum Gasteiger partial charge on any atom is -0.350 e. The van der Waals surface area contributed by atoms with Crippen LogP contribution in [0.2, 0.25) is 5.02 Å². The van der Waals surface area contributed by atoms with Crippen molar-refractivity contribution in [2.75, 3.05) is 6.54 Å². The number of carbonyl (C=O) groups excluding carboxylic acids is 1. The number of halogens is 1. The fourth-order valence-electron chi connectivity index (χ4n) is 1.98. The molecule has 20 heavy (non-hydrogen) atoms. The lowest BCUT2D eigenvalue weighted by molar-refractivity contribution is 0.0936. The Morgan fingerprint density at radius 1 is 1.40 bits per heavy atom. The summed E-state index contributed by atoms with van der Waals surface area (Å²) in [6.07, 6.45) is 0.944. The van der Waals surface area contributed by atoms with Crippen molar-refractivity contribution in [2.45, 2.75) is 33.2 Å². The molecule has 0 aliphatic carbocycles. The molecular weight excluding hydrogens is 272 g/mol. The van der Waals surface area contributed by atoms with Gasteiger partial charge in [0.1, 0.15) is 0 Å². The maximum Gasteiger partial charge on any atom is 0.251 e. The van der Waals surface area contributed by atoms with E-state index in [1.807, 2.05) is 6.92 Å². The van der Waals surface area contributed by atoms with E-state index in [2.05, 4.69) is 31.0 Å². The van der Waals surface area contributed by atoms with Crippen LogP contribution < -0.4 is 11.1 Å². The second-order valence-electron chi connectivity index (χ2n) is 5.20. The third kappa shape index (κ3) is 5.24. The van der Waals surface area contributed by atoms with Gasteiger partial charge in [-0.1, -0.05) is 37.3 Å². The van der Waals surface area contributed by atoms with Gasteiger partial charge in [-0.15, -0.1) is 0 Å². The highest BCUT2D eigenvalue weighted by molar-refractivity contribution is 6.32. The summed E-state index contributed by atoms with van der Waals surface area (Å²) >= 11 is 6.11. The van der Waals surface area contributed by atoms with Gasteiger partial charge >= 0.3 is 0 Å². The maximum atomic E-state index is 12.1. The third-order valence-corrected chi connectivity index (χ3v) is 3.07. The van der Waals surface area contributed by atoms with E-state index in [1.165, 1.54) is 0 Å². The van der Waals surface area contributed by atoms with Gasteiger partial charge in [0.05, 0.1) is 11.6 Å². The van der Waals surface area contributed by atoms with Crippen LogP contribution in [0, 0.1) is 17.8 Å². The van der Waals surface area contributed by atoms with Crippen molar-refractivity contribution in [2.24, 2.45) is 11.7 Å². The third-order valence-electron chi connectivity index (χ3n) is 2.76. The van der Waals surface area contributed by atoms with Crippen LogP contribution in [0.25, 0.3) is 0 Å². The van der Waals surface area contributed by atoms with E-state index in [0.717, 1.165) is 6.42 Å². The van der Waals surface area contributed by atoms with Crippen molar-refractivity contribution in [3.05, 3.63) is 34.3 Å². The zero-order valence-electron chi connectivity index (χ0n) is 12.2. The number of hydrogen-bond donors (Lipinski definition) is 2. The Hall–Kier alpha value is -1.50. The van der Waals surface area contributed by atoms with Gasteiger partial charge in [0.2, 0.25) is 0 Å². The van der Waals surface area contributed by atoms with E-state index in [4.69, 9.17) is 17.3 Å². The summed E-state index contributed by atoms with van der Waals surface area (Å²) in [4.78, 5) is 12.1. The predicted molar refractivity (Wildman–Crippen MR) is 83.8 cm³/mol. The molecule has 0 saturated heterocycles. The fourth-order valence-corrected chi connectivity index (χ4v) is 2.20. The molecule has 0 aliphatic heterocycles. The number of nitrogens with one attached hydrogen (secondary N) is 1. The molecule has 0 radical (unpaired) electrons. The molecule has 3 nitrogen and oxygen atoms in total. The Balaban J connectivity index is 2.77. The molecule has 0 fully saturated rings. The van der Waals surface area contributed by atoms with E-state index in [0.29, 0.717) is 22.1 Å². The number of nitrogens with two attached hydrogens (primary N) is 1. The molecule has 108 valence electrons. The van der Waals surface area contributed by atoms with Crippen molar-refractivity contribution in [1.82, 2.24) is 5.32 Å². The van der Waals surface area contributed by atoms with Gasteiger partial charge in [0.25, 0.3) is 5.91 Å². The van der Waals surface area contributed by atoms with Gasteiger partial charge in [0.15, 0.2) is 0 Å². The highest BCUT2D eigenvalue weighted by Crippen LogP contribution is 2.17. The van der Waals surface area contributed by atoms with Gasteiger partial charge in [-0.2, -0.15) is 0 Å². The highest BCUT2D eigenvalue weighted by Gasteiger charge is 2.12. The lowest BCUT2D eigenvalue weighted by Gasteiger charge is -2.16. The topological polar surface area (TPSA) is 55.1 Å². The number of benzene rings is 1. The average molecular weight is 293 g/mol. The van der Waals surface area contributed by atoms with E-state index in [9.17, 15) is 4.79 Å². The van der Waals surface area contributed by atoms with Gasteiger partial charge in [-0.05, 0) is 37.5 Å². The SMILES string of the molecule is CC(C)CC(C)NC(=O)c1ccc(C#CCN)c(Cl)c1. The standard InChI is InChI=1S/C16H21ClN2O/c1-11(2)9-12(3)19-16(20)14-7-6-13(5-4-8-18)15(17)10-14/h6-7,10-12H,8-9,18H2,1-3H3,(H,19,20). The second-order valence-corrected chi connectivity index (χ2v) is 5.61. The van der Waals surface area contributed by atoms with Crippen LogP contribution in [0.3, 0.4) is 0 Å². The van der Waals surface area contributed by atoms with Crippen molar-refractivity contribution in [3.8, 4) is 11.8 Å². The van der Waals surface area contributed by atoms with Crippen LogP contribution in [0.1, 0.15) is 43.1 Å². The van der Waals surface area contributed by atoms with Crippen molar-refractivity contribution in [3.63, 3.8) is 0 Å². The molecule has 0 bridgehead atoms. The summed E-state index contributed by atoms with van der Waals surface area (Å²) in [6.45, 7) is 6.54. The van der Waals surface area contributed by atoms with E-state index >= 15 is 0 Å². The molecule has 0 aromatic heterocycles. The Kier molecular flexibility index (Phi) is 6.57. The quantitative estimate of drug-likeness (QED) is 0.839. The van der Waals surface area contributed by atoms with Crippen molar-refractivity contribution < 1.29 is 4.79 Å². The average Bonchev–Trinajstić information content (AvgIpc) is 2.36. The first kappa shape index (κ1) is 16.6. The first-order valence-corrected chi connectivity index (χ1v) is 7.11. The molecular formula is C16H21ClN2O. The maximum absolute atomic E-state index is 12.1. The molecule has 1 rings (SSSR count). The molecule has 1 atom stereocenters. The molecule has 0 aliphatic rings. The molecule has 1 aromatic carbocycles. The minimum atomic E-state index is -0.113. The lowest BCUT2D eigenvalue weighted by atomic mass is 10.0. The largest absolute Gasteiger partial charge is 0.350 e. The predicted octanol–water partition coefficient (Wildman–Crippen LogP) is 2.81. The molecule has 0 saturated carbocycles. The van der Waals surface area contributed by atoms with E-state index < -0.39 is 0 Å². The van der Waals surface area contributed by atoms with Crippen molar-refractivity contribution >= 4 is 17.5 Å². The first-order valence-electron chi connectivity index (χ1n) is 6.73. The monoisotopic (exact) mass is 292 g/mol. The molecule has 1 aromatic rings. The van der Waals surface area contributed by atoms with Crippen molar-refractivity contribution in [1.29, 1.82) is 0 Å². The number of amides is 1. The highest BCUT2D eigenvalue weighted by atomic mass is 35.5. The molecule has 1 amide bonds. The summed E-state index contributed by atoms with van der Waals surface area (Å²) in [5.74, 6) is 6.04. The number of carbonyl (C=O) groups is 1. The Bertz CT molecular complexity index is 529. The van der Waals surface area contributed by atoms with Gasteiger partial charge in [0, 0.05) is 17.2 Å². The summed E-state index contributed by atoms with van der Waals surface area (Å²) in [5, 5.41) is 3.43. The fraction of sp³-hybridized carbons (Fsp3) is 0.438. The van der Waals surface area contributed by atoms with Gasteiger partial charge in [-0.3, -0.25) is 4.79 Å². The molecule has 3 N–H and O–H groups in total. The van der Waals surface area contributed by atoms with Crippen LogP contribution in [-0.2, 0) is 0 Å². The zero-order chi connectivity index (χ0) is 15.1. The summed E-state index contributed by atoms with van der Waals surface area (Å²) < 4.78 is 0. The molecule has 1 unspecified atom stereocenters. The first-order chi connectivity index (χ1) is 9.43. The van der Waals surface area contributed by atoms with Crippen LogP contribution in [0.15, 0.2) is 18.2 Å². The van der Waals surface area contributed by atoms with E-state index in [-0.39, 0.29) is 18.5 Å². The van der Waals surface area contributed by atoms with Crippen LogP contribution >= 0.6 is 11.6 Å². The summed E-state index contributed by atoms with van der Waals surface area (Å²) in [6, 6.07) is 5.24. The summed E-state index contributed by atoms with van der Waals surface area (Å²) in [5.41, 5.74) is 6.55. The van der Waals surface area contributed by atoms with Crippen LogP contribution in [0.5, 0.6) is 0 Å². The van der Waals surface area contributed by atoms with Crippen LogP contribution in [-0.4, -0.2) is 18.5 Å². The minimum absolute atomic E-state index is 0.113. The second kappa shape index (κ2) is 7.94. The smallest absolute Gasteiger partial charge is 0.251 e. The molecule has 0 heterocycles. The number of rotatable bonds is 4. The Morgan fingerprint density at radius 2 is 2.10 bits per heavy atom. The van der Waals surface area contributed by atoms with Gasteiger partial charge in [-0.25, -0.2) is 0 Å². The summed E-state index contributed by atoms with van der Waals surface area (Å²) in [7, 11) is 0. The Labute approximate surface area is 125 Å². The lowest BCUT2D eigenvalue weighted by Crippen LogP contribution is -2.33. The molecule has 0 spiro atoms.